The zero-order valence-corrected chi connectivity index (χ0v) is 16.3. The van der Waals surface area contributed by atoms with Gasteiger partial charge in [0.15, 0.2) is 0 Å². The summed E-state index contributed by atoms with van der Waals surface area (Å²) in [5, 5.41) is 12.1. The molecule has 2 N–H and O–H groups in total. The van der Waals surface area contributed by atoms with Crippen molar-refractivity contribution >= 4 is 17.6 Å². The number of benzene rings is 1. The number of carbonyl (C=O) groups is 2. The molecule has 6 heteroatoms. The number of likely N-dealkylation sites (N-methyl/N-ethyl adjacent to an activating group) is 1. The van der Waals surface area contributed by atoms with Gasteiger partial charge in [0, 0.05) is 24.8 Å². The fraction of sp³-hybridized carbons (Fsp3) is 0.600. The molecule has 1 atom stereocenters. The first-order valence-electron chi connectivity index (χ1n) is 9.39. The number of rotatable bonds is 7. The van der Waals surface area contributed by atoms with Gasteiger partial charge >= 0.3 is 5.97 Å². The van der Waals surface area contributed by atoms with Gasteiger partial charge < -0.3 is 10.4 Å². The van der Waals surface area contributed by atoms with Crippen LogP contribution in [-0.2, 0) is 9.59 Å². The average Bonchev–Trinajstić information content (AvgIpc) is 2.61. The van der Waals surface area contributed by atoms with Crippen LogP contribution in [0.15, 0.2) is 18.2 Å². The second kappa shape index (κ2) is 9.14. The van der Waals surface area contributed by atoms with Gasteiger partial charge in [-0.05, 0) is 51.8 Å². The molecular formula is C20H31N3O3. The lowest BCUT2D eigenvalue weighted by Crippen LogP contribution is -2.51. The summed E-state index contributed by atoms with van der Waals surface area (Å²) in [4.78, 5) is 27.8. The number of anilines is 1. The molecule has 144 valence electrons. The van der Waals surface area contributed by atoms with Crippen LogP contribution in [0.4, 0.5) is 5.69 Å². The van der Waals surface area contributed by atoms with Crippen molar-refractivity contribution in [2.75, 3.05) is 31.5 Å². The van der Waals surface area contributed by atoms with Gasteiger partial charge in [-0.15, -0.1) is 0 Å². The standard InChI is InChI=1S/C20H31N3O3/c1-5-22(13-19(24)25)17-8-10-23(11-9-17)16(4)20(26)21-18-7-6-14(2)12-15(18)3/h6-7,12,16-17H,5,8-11,13H2,1-4H3,(H,21,26)(H,24,25). The predicted molar refractivity (Wildman–Crippen MR) is 103 cm³/mol. The van der Waals surface area contributed by atoms with Crippen LogP contribution in [0.2, 0.25) is 0 Å². The van der Waals surface area contributed by atoms with Crippen molar-refractivity contribution in [3.63, 3.8) is 0 Å². The Hall–Kier alpha value is -1.92. The van der Waals surface area contributed by atoms with E-state index in [1.54, 1.807) is 0 Å². The topological polar surface area (TPSA) is 72.9 Å². The first kappa shape index (κ1) is 20.4. The minimum absolute atomic E-state index is 0.00767. The number of carbonyl (C=O) groups excluding carboxylic acids is 1. The molecule has 1 fully saturated rings. The van der Waals surface area contributed by atoms with Gasteiger partial charge in [-0.3, -0.25) is 19.4 Å². The second-order valence-electron chi connectivity index (χ2n) is 7.21. The van der Waals surface area contributed by atoms with Crippen LogP contribution in [0.3, 0.4) is 0 Å². The highest BCUT2D eigenvalue weighted by molar-refractivity contribution is 5.95. The van der Waals surface area contributed by atoms with E-state index in [9.17, 15) is 9.59 Å². The average molecular weight is 361 g/mol. The van der Waals surface area contributed by atoms with Crippen LogP contribution in [0.5, 0.6) is 0 Å². The number of piperidine rings is 1. The molecule has 1 amide bonds. The molecule has 0 bridgehead atoms. The molecule has 1 aromatic carbocycles. The van der Waals surface area contributed by atoms with Gasteiger partial charge in [0.25, 0.3) is 0 Å². The van der Waals surface area contributed by atoms with Crippen molar-refractivity contribution in [1.82, 2.24) is 9.80 Å². The number of carboxylic acid groups (broad SMARTS) is 1. The number of amides is 1. The molecule has 0 aromatic heterocycles. The Labute approximate surface area is 156 Å². The molecule has 26 heavy (non-hydrogen) atoms. The van der Waals surface area contributed by atoms with Crippen molar-refractivity contribution in [3.8, 4) is 0 Å². The number of carboxylic acids is 1. The largest absolute Gasteiger partial charge is 0.480 e. The number of likely N-dealkylation sites (tertiary alicyclic amines) is 1. The third-order valence-corrected chi connectivity index (χ3v) is 5.33. The molecule has 2 rings (SSSR count). The molecule has 1 saturated heterocycles. The molecule has 1 aliphatic heterocycles. The highest BCUT2D eigenvalue weighted by Gasteiger charge is 2.29. The molecule has 0 aliphatic carbocycles. The van der Waals surface area contributed by atoms with E-state index in [-0.39, 0.29) is 24.5 Å². The number of hydrogen-bond acceptors (Lipinski definition) is 4. The van der Waals surface area contributed by atoms with Crippen LogP contribution in [0.25, 0.3) is 0 Å². The summed E-state index contributed by atoms with van der Waals surface area (Å²) in [6, 6.07) is 6.09. The van der Waals surface area contributed by atoms with Crippen molar-refractivity contribution < 1.29 is 14.7 Å². The van der Waals surface area contributed by atoms with Gasteiger partial charge in [0.2, 0.25) is 5.91 Å². The van der Waals surface area contributed by atoms with Gasteiger partial charge in [-0.2, -0.15) is 0 Å². The summed E-state index contributed by atoms with van der Waals surface area (Å²) < 4.78 is 0. The SMILES string of the molecule is CCN(CC(=O)O)C1CCN(C(C)C(=O)Nc2ccc(C)cc2C)CC1. The lowest BCUT2D eigenvalue weighted by molar-refractivity contribution is -0.139. The summed E-state index contributed by atoms with van der Waals surface area (Å²) in [7, 11) is 0. The Kier molecular flexibility index (Phi) is 7.17. The summed E-state index contributed by atoms with van der Waals surface area (Å²) in [6.07, 6.45) is 1.78. The van der Waals surface area contributed by atoms with Crippen LogP contribution in [-0.4, -0.2) is 65.0 Å². The second-order valence-corrected chi connectivity index (χ2v) is 7.21. The van der Waals surface area contributed by atoms with Crippen LogP contribution in [0.1, 0.15) is 37.8 Å². The molecule has 0 radical (unpaired) electrons. The van der Waals surface area contributed by atoms with Gasteiger partial charge in [-0.1, -0.05) is 24.6 Å². The van der Waals surface area contributed by atoms with E-state index in [0.29, 0.717) is 0 Å². The van der Waals surface area contributed by atoms with Crippen LogP contribution >= 0.6 is 0 Å². The van der Waals surface area contributed by atoms with E-state index in [2.05, 4.69) is 16.3 Å². The number of nitrogens with one attached hydrogen (secondary N) is 1. The van der Waals surface area contributed by atoms with Gasteiger partial charge in [-0.25, -0.2) is 0 Å². The van der Waals surface area contributed by atoms with E-state index in [1.165, 1.54) is 5.56 Å². The van der Waals surface area contributed by atoms with Crippen LogP contribution in [0, 0.1) is 13.8 Å². The number of aliphatic carboxylic acids is 1. The zero-order valence-electron chi connectivity index (χ0n) is 16.3. The Balaban J connectivity index is 1.89. The van der Waals surface area contributed by atoms with Crippen molar-refractivity contribution in [3.05, 3.63) is 29.3 Å². The van der Waals surface area contributed by atoms with E-state index >= 15 is 0 Å². The number of aryl methyl sites for hydroxylation is 2. The molecule has 1 aromatic rings. The molecule has 6 nitrogen and oxygen atoms in total. The quantitative estimate of drug-likeness (QED) is 0.781. The lowest BCUT2D eigenvalue weighted by Gasteiger charge is -2.39. The van der Waals surface area contributed by atoms with E-state index in [1.807, 2.05) is 44.7 Å². The minimum atomic E-state index is -0.782. The predicted octanol–water partition coefficient (Wildman–Crippen LogP) is 2.50. The number of hydrogen-bond donors (Lipinski definition) is 2. The Morgan fingerprint density at radius 2 is 1.96 bits per heavy atom. The van der Waals surface area contributed by atoms with Crippen molar-refractivity contribution in [1.29, 1.82) is 0 Å². The maximum Gasteiger partial charge on any atom is 0.317 e. The first-order chi connectivity index (χ1) is 12.3. The summed E-state index contributed by atoms with van der Waals surface area (Å²) in [5.74, 6) is -0.774. The zero-order chi connectivity index (χ0) is 19.3. The normalized spacial score (nSPS) is 17.3. The Morgan fingerprint density at radius 3 is 2.50 bits per heavy atom. The third-order valence-electron chi connectivity index (χ3n) is 5.33. The van der Waals surface area contributed by atoms with E-state index < -0.39 is 5.97 Å². The van der Waals surface area contributed by atoms with Crippen LogP contribution < -0.4 is 5.32 Å². The summed E-state index contributed by atoms with van der Waals surface area (Å²) in [5.41, 5.74) is 3.11. The van der Waals surface area contributed by atoms with E-state index in [0.717, 1.165) is 43.7 Å². The Morgan fingerprint density at radius 1 is 1.31 bits per heavy atom. The fourth-order valence-corrected chi connectivity index (χ4v) is 3.67. The maximum atomic E-state index is 12.6. The lowest BCUT2D eigenvalue weighted by atomic mass is 10.0. The Bertz CT molecular complexity index is 639. The highest BCUT2D eigenvalue weighted by Crippen LogP contribution is 2.20. The smallest absolute Gasteiger partial charge is 0.317 e. The highest BCUT2D eigenvalue weighted by atomic mass is 16.4. The molecular weight excluding hydrogens is 330 g/mol. The maximum absolute atomic E-state index is 12.6. The van der Waals surface area contributed by atoms with Crippen molar-refractivity contribution in [2.45, 2.75) is 52.6 Å². The number of nitrogens with zero attached hydrogens (tertiary/aromatic N) is 2. The van der Waals surface area contributed by atoms with Crippen molar-refractivity contribution in [2.24, 2.45) is 0 Å². The minimum Gasteiger partial charge on any atom is -0.480 e. The fourth-order valence-electron chi connectivity index (χ4n) is 3.67. The molecule has 1 aliphatic rings. The molecule has 1 heterocycles. The van der Waals surface area contributed by atoms with Gasteiger partial charge in [0.1, 0.15) is 0 Å². The summed E-state index contributed by atoms with van der Waals surface area (Å²) in [6.45, 7) is 10.4. The molecule has 0 saturated carbocycles. The molecule has 0 spiro atoms. The summed E-state index contributed by atoms with van der Waals surface area (Å²) >= 11 is 0. The molecule has 1 unspecified atom stereocenters. The third kappa shape index (κ3) is 5.29. The monoisotopic (exact) mass is 361 g/mol. The van der Waals surface area contributed by atoms with Gasteiger partial charge in [0.05, 0.1) is 12.6 Å². The van der Waals surface area contributed by atoms with E-state index in [4.69, 9.17) is 5.11 Å². The first-order valence-corrected chi connectivity index (χ1v) is 9.39.